The van der Waals surface area contributed by atoms with Crippen molar-refractivity contribution in [1.82, 2.24) is 19.1 Å². The lowest BCUT2D eigenvalue weighted by molar-refractivity contribution is 0.405. The summed E-state index contributed by atoms with van der Waals surface area (Å²) in [5.74, 6) is 0.735. The van der Waals surface area contributed by atoms with Gasteiger partial charge in [-0.15, -0.1) is 0 Å². The Balaban J connectivity index is 2.26. The minimum absolute atomic E-state index is 0.213. The van der Waals surface area contributed by atoms with Crippen LogP contribution in [0.25, 0.3) is 11.3 Å². The third-order valence-corrected chi connectivity index (χ3v) is 2.98. The highest BCUT2D eigenvalue weighted by Gasteiger charge is 2.25. The Kier molecular flexibility index (Phi) is 1.99. The van der Waals surface area contributed by atoms with Gasteiger partial charge in [0.2, 0.25) is 0 Å². The first-order valence-electron chi connectivity index (χ1n) is 5.34. The van der Waals surface area contributed by atoms with Crippen molar-refractivity contribution < 1.29 is 4.74 Å². The van der Waals surface area contributed by atoms with E-state index in [1.165, 1.54) is 9.13 Å². The molecule has 1 fully saturated rings. The number of ether oxygens (including phenoxy) is 1. The lowest BCUT2D eigenvalue weighted by Gasteiger charge is -2.01. The van der Waals surface area contributed by atoms with Crippen molar-refractivity contribution in [3.8, 4) is 0 Å². The summed E-state index contributed by atoms with van der Waals surface area (Å²) >= 11 is 0. The van der Waals surface area contributed by atoms with Crippen molar-refractivity contribution in [3.05, 3.63) is 26.5 Å². The average molecular weight is 236 g/mol. The summed E-state index contributed by atoms with van der Waals surface area (Å²) in [5.41, 5.74) is -0.0703. The summed E-state index contributed by atoms with van der Waals surface area (Å²) < 4.78 is 7.68. The zero-order chi connectivity index (χ0) is 12.2. The summed E-state index contributed by atoms with van der Waals surface area (Å²) in [4.78, 5) is 30.6. The molecule has 1 atom stereocenters. The predicted molar refractivity (Wildman–Crippen MR) is 60.0 cm³/mol. The molecule has 0 bridgehead atoms. The molecule has 7 nitrogen and oxygen atoms in total. The van der Waals surface area contributed by atoms with E-state index in [-0.39, 0.29) is 6.10 Å². The van der Waals surface area contributed by atoms with Gasteiger partial charge in [0.25, 0.3) is 0 Å². The van der Waals surface area contributed by atoms with E-state index in [0.717, 1.165) is 12.4 Å². The van der Waals surface area contributed by atoms with Gasteiger partial charge in [-0.25, -0.2) is 4.98 Å². The van der Waals surface area contributed by atoms with Crippen LogP contribution in [0, 0.1) is 0 Å². The molecule has 2 aromatic heterocycles. The maximum absolute atomic E-state index is 11.6. The number of aryl methyl sites for hydroxylation is 2. The Morgan fingerprint density at radius 1 is 1.35 bits per heavy atom. The summed E-state index contributed by atoms with van der Waals surface area (Å²) in [6.07, 6.45) is 0.890. The normalized spacial score (nSPS) is 18.8. The number of epoxide rings is 1. The molecule has 2 aromatic rings. The molecular formula is C10H12N4O3. The maximum atomic E-state index is 11.6. The fraction of sp³-hybridized carbons (Fsp3) is 0.500. The molecule has 0 amide bonds. The molecule has 0 saturated carbocycles. The van der Waals surface area contributed by atoms with Crippen LogP contribution >= 0.6 is 0 Å². The average Bonchev–Trinajstić information content (AvgIpc) is 3.01. The summed E-state index contributed by atoms with van der Waals surface area (Å²) in [5, 5.41) is 0. The number of hydrogen-bond donors (Lipinski definition) is 1. The molecule has 90 valence electrons. The number of nitrogens with one attached hydrogen (secondary N) is 1. The first-order chi connectivity index (χ1) is 8.08. The van der Waals surface area contributed by atoms with Crippen molar-refractivity contribution in [1.29, 1.82) is 0 Å². The number of aromatic amines is 1. The second-order valence-corrected chi connectivity index (χ2v) is 4.24. The Hall–Kier alpha value is -1.89. The Bertz CT molecular complexity index is 652. The van der Waals surface area contributed by atoms with Crippen LogP contribution in [0.2, 0.25) is 0 Å². The van der Waals surface area contributed by atoms with Crippen LogP contribution in [0.1, 0.15) is 5.82 Å². The van der Waals surface area contributed by atoms with E-state index in [1.807, 2.05) is 0 Å². The highest BCUT2D eigenvalue weighted by Crippen LogP contribution is 2.15. The molecule has 0 aliphatic carbocycles. The van der Waals surface area contributed by atoms with Gasteiger partial charge < -0.3 is 9.72 Å². The molecule has 1 saturated heterocycles. The van der Waals surface area contributed by atoms with Gasteiger partial charge in [0.15, 0.2) is 11.3 Å². The summed E-state index contributed by atoms with van der Waals surface area (Å²) in [6.45, 7) is 0.745. The van der Waals surface area contributed by atoms with E-state index >= 15 is 0 Å². The van der Waals surface area contributed by atoms with Crippen LogP contribution in [-0.4, -0.2) is 31.8 Å². The number of aromatic nitrogens is 4. The fourth-order valence-corrected chi connectivity index (χ4v) is 1.85. The molecule has 1 aliphatic heterocycles. The topological polar surface area (TPSA) is 85.2 Å². The lowest BCUT2D eigenvalue weighted by Crippen LogP contribution is -2.39. The van der Waals surface area contributed by atoms with E-state index in [0.29, 0.717) is 17.7 Å². The molecule has 0 aromatic carbocycles. The molecule has 3 rings (SSSR count). The standard InChI is InChI=1S/C10H12N4O3/c1-13-7-8(14(2)10(16)9(13)15)12-6(11-7)3-5-4-17-5/h5H,3-4H2,1-2H3,(H,11,12). The Labute approximate surface area is 95.7 Å². The van der Waals surface area contributed by atoms with Gasteiger partial charge in [-0.05, 0) is 0 Å². The zero-order valence-corrected chi connectivity index (χ0v) is 9.56. The number of hydrogen-bond acceptors (Lipinski definition) is 4. The van der Waals surface area contributed by atoms with Crippen molar-refractivity contribution >= 4 is 11.3 Å². The largest absolute Gasteiger partial charge is 0.373 e. The van der Waals surface area contributed by atoms with Gasteiger partial charge in [-0.3, -0.25) is 18.7 Å². The third-order valence-electron chi connectivity index (χ3n) is 2.98. The van der Waals surface area contributed by atoms with E-state index in [9.17, 15) is 9.59 Å². The van der Waals surface area contributed by atoms with E-state index < -0.39 is 11.1 Å². The van der Waals surface area contributed by atoms with Crippen LogP contribution in [0.4, 0.5) is 0 Å². The second kappa shape index (κ2) is 3.30. The highest BCUT2D eigenvalue weighted by molar-refractivity contribution is 5.66. The predicted octanol–water partition coefficient (Wildman–Crippen LogP) is -1.10. The fourth-order valence-electron chi connectivity index (χ4n) is 1.85. The Morgan fingerprint density at radius 3 is 2.65 bits per heavy atom. The minimum atomic E-state index is -0.569. The first-order valence-corrected chi connectivity index (χ1v) is 5.34. The quantitative estimate of drug-likeness (QED) is 0.530. The van der Waals surface area contributed by atoms with Gasteiger partial charge in [0, 0.05) is 20.5 Å². The van der Waals surface area contributed by atoms with Gasteiger partial charge >= 0.3 is 11.1 Å². The molecule has 1 N–H and O–H groups in total. The van der Waals surface area contributed by atoms with Gasteiger partial charge in [0.05, 0.1) is 12.7 Å². The van der Waals surface area contributed by atoms with Gasteiger partial charge in [-0.2, -0.15) is 0 Å². The van der Waals surface area contributed by atoms with Gasteiger partial charge in [0.1, 0.15) is 5.82 Å². The zero-order valence-electron chi connectivity index (χ0n) is 9.56. The van der Waals surface area contributed by atoms with Crippen molar-refractivity contribution in [2.75, 3.05) is 6.61 Å². The van der Waals surface area contributed by atoms with Gasteiger partial charge in [-0.1, -0.05) is 0 Å². The third kappa shape index (κ3) is 1.50. The molecule has 3 heterocycles. The van der Waals surface area contributed by atoms with Crippen molar-refractivity contribution in [2.45, 2.75) is 12.5 Å². The molecule has 0 spiro atoms. The lowest BCUT2D eigenvalue weighted by atomic mass is 10.3. The van der Waals surface area contributed by atoms with E-state index in [1.54, 1.807) is 14.1 Å². The Morgan fingerprint density at radius 2 is 2.00 bits per heavy atom. The SMILES string of the molecule is Cn1c(=O)c(=O)n(C)c2[nH]c(CC3CO3)nc21. The maximum Gasteiger partial charge on any atom is 0.317 e. The first kappa shape index (κ1) is 10.3. The summed E-state index contributed by atoms with van der Waals surface area (Å²) in [7, 11) is 3.10. The van der Waals surface area contributed by atoms with Crippen LogP contribution < -0.4 is 11.1 Å². The molecule has 17 heavy (non-hydrogen) atoms. The van der Waals surface area contributed by atoms with Crippen LogP contribution in [-0.2, 0) is 25.3 Å². The van der Waals surface area contributed by atoms with Crippen molar-refractivity contribution in [2.24, 2.45) is 14.1 Å². The van der Waals surface area contributed by atoms with Crippen molar-refractivity contribution in [3.63, 3.8) is 0 Å². The van der Waals surface area contributed by atoms with Crippen LogP contribution in [0.5, 0.6) is 0 Å². The molecular weight excluding hydrogens is 224 g/mol. The molecule has 0 radical (unpaired) electrons. The highest BCUT2D eigenvalue weighted by atomic mass is 16.6. The molecule has 1 aliphatic rings. The monoisotopic (exact) mass is 236 g/mol. The second-order valence-electron chi connectivity index (χ2n) is 4.24. The number of H-pyrrole nitrogens is 1. The van der Waals surface area contributed by atoms with Crippen LogP contribution in [0.3, 0.4) is 0 Å². The van der Waals surface area contributed by atoms with E-state index in [4.69, 9.17) is 4.74 Å². The number of rotatable bonds is 2. The molecule has 7 heteroatoms. The summed E-state index contributed by atoms with van der Waals surface area (Å²) in [6, 6.07) is 0. The van der Waals surface area contributed by atoms with E-state index in [2.05, 4.69) is 9.97 Å². The number of imidazole rings is 1. The molecule has 1 unspecified atom stereocenters. The number of nitrogens with zero attached hydrogens (tertiary/aromatic N) is 3. The smallest absolute Gasteiger partial charge is 0.317 e. The van der Waals surface area contributed by atoms with Crippen LogP contribution in [0.15, 0.2) is 9.59 Å². The minimum Gasteiger partial charge on any atom is -0.373 e. The number of fused-ring (bicyclic) bond motifs is 1.